The van der Waals surface area contributed by atoms with Gasteiger partial charge >= 0.3 is 7.82 Å². The summed E-state index contributed by atoms with van der Waals surface area (Å²) in [7, 11) is -5.47. The van der Waals surface area contributed by atoms with E-state index in [4.69, 9.17) is 9.47 Å². The molecule has 5 unspecified atom stereocenters. The highest BCUT2D eigenvalue weighted by atomic mass is 31.2. The van der Waals surface area contributed by atoms with E-state index in [2.05, 4.69) is 4.52 Å². The number of hydrogen-bond donors (Lipinski definition) is 12. The third-order valence-corrected chi connectivity index (χ3v) is 5.98. The van der Waals surface area contributed by atoms with Crippen LogP contribution in [0.4, 0.5) is 0 Å². The van der Waals surface area contributed by atoms with Crippen LogP contribution in [0.1, 0.15) is 0 Å². The summed E-state index contributed by atoms with van der Waals surface area (Å²) >= 11 is 0. The monoisotopic (exact) mass is 496 g/mol. The van der Waals surface area contributed by atoms with Crippen LogP contribution < -0.4 is 0 Å². The molecule has 0 radical (unpaired) electrons. The average molecular weight is 496 g/mol. The molecule has 0 amide bonds. The topological polar surface area (TPSA) is 288 Å². The molecule has 2 fully saturated rings. The normalized spacial score (nSPS) is 44.1. The van der Waals surface area contributed by atoms with Crippen molar-refractivity contribution < 1.29 is 79.4 Å². The molecule has 0 aromatic rings. The lowest BCUT2D eigenvalue weighted by molar-refractivity contribution is -0.279. The zero-order valence-electron chi connectivity index (χ0n) is 16.4. The van der Waals surface area contributed by atoms with Crippen LogP contribution in [0.5, 0.6) is 0 Å². The third kappa shape index (κ3) is 5.81. The maximum absolute atomic E-state index is 11.4. The van der Waals surface area contributed by atoms with Crippen LogP contribution in [0.15, 0.2) is 0 Å². The minimum atomic E-state index is -5.47. The largest absolute Gasteiger partial charge is 0.470 e. The summed E-state index contributed by atoms with van der Waals surface area (Å²) in [5.74, 6) is 0. The molecule has 0 spiro atoms. The maximum atomic E-state index is 11.4. The van der Waals surface area contributed by atoms with E-state index < -0.39 is 100 Å². The highest BCUT2D eigenvalue weighted by Crippen LogP contribution is 2.42. The standard InChI is InChI=1S/C15H29O16P/c16-1-3-5(18)7(20)9(22)13(29-3)11(24)12(25)15(31-32(26,27)28)14-10(23)8(21)6(19)4(2-17)30-14/h3-25H,1-2H2,(H2,26,27,28)/t3-,4-,5-,6-,7+,8+,9-,10-,11?,12?,13?,14?,15?/m1/s1. The zero-order chi connectivity index (χ0) is 24.5. The van der Waals surface area contributed by atoms with Crippen LogP contribution in [0.3, 0.4) is 0 Å². The molecule has 2 saturated heterocycles. The summed E-state index contributed by atoms with van der Waals surface area (Å²) in [6, 6.07) is 0. The Morgan fingerprint density at radius 3 is 1.53 bits per heavy atom. The molecule has 2 aliphatic rings. The second-order valence-electron chi connectivity index (χ2n) is 7.63. The molecule has 2 aliphatic heterocycles. The molecular formula is C15H29O16P. The summed E-state index contributed by atoms with van der Waals surface area (Å²) in [6.45, 7) is -1.80. The quantitative estimate of drug-likeness (QED) is 0.139. The molecule has 2 heterocycles. The van der Waals surface area contributed by atoms with Gasteiger partial charge in [0.15, 0.2) is 0 Å². The van der Waals surface area contributed by atoms with Crippen molar-refractivity contribution >= 4 is 7.82 Å². The molecule has 0 aromatic carbocycles. The van der Waals surface area contributed by atoms with Crippen molar-refractivity contribution in [2.45, 2.75) is 79.4 Å². The van der Waals surface area contributed by atoms with Gasteiger partial charge in [0.1, 0.15) is 79.4 Å². The van der Waals surface area contributed by atoms with Gasteiger partial charge in [-0.25, -0.2) is 4.57 Å². The molecule has 190 valence electrons. The molecule has 0 aromatic heterocycles. The van der Waals surface area contributed by atoms with Crippen molar-refractivity contribution in [3.05, 3.63) is 0 Å². The Bertz CT molecular complexity index is 643. The van der Waals surface area contributed by atoms with Gasteiger partial charge in [0, 0.05) is 0 Å². The van der Waals surface area contributed by atoms with Gasteiger partial charge in [-0.15, -0.1) is 0 Å². The molecule has 0 aliphatic carbocycles. The van der Waals surface area contributed by atoms with E-state index in [9.17, 15) is 65.4 Å². The predicted octanol–water partition coefficient (Wildman–Crippen LogP) is -7.13. The fourth-order valence-electron chi connectivity index (χ4n) is 3.68. The molecule has 13 atom stereocenters. The van der Waals surface area contributed by atoms with Crippen molar-refractivity contribution in [1.29, 1.82) is 0 Å². The number of hydrogen-bond acceptors (Lipinski definition) is 14. The van der Waals surface area contributed by atoms with Gasteiger partial charge in [0.05, 0.1) is 13.2 Å². The molecule has 12 N–H and O–H groups in total. The number of phosphoric ester groups is 1. The second kappa shape index (κ2) is 10.9. The third-order valence-electron chi connectivity index (χ3n) is 5.46. The lowest BCUT2D eigenvalue weighted by atomic mass is 9.85. The lowest BCUT2D eigenvalue weighted by Gasteiger charge is -2.46. The average Bonchev–Trinajstić information content (AvgIpc) is 2.73. The van der Waals surface area contributed by atoms with Gasteiger partial charge in [-0.05, 0) is 0 Å². The first-order valence-corrected chi connectivity index (χ1v) is 11.0. The van der Waals surface area contributed by atoms with Crippen LogP contribution in [0.2, 0.25) is 0 Å². The van der Waals surface area contributed by atoms with E-state index in [0.29, 0.717) is 0 Å². The first-order valence-electron chi connectivity index (χ1n) is 9.46. The second-order valence-corrected chi connectivity index (χ2v) is 8.82. The number of ether oxygens (including phenoxy) is 2. The molecule has 0 saturated carbocycles. The Kier molecular flexibility index (Phi) is 9.51. The van der Waals surface area contributed by atoms with Crippen LogP contribution in [-0.2, 0) is 18.6 Å². The summed E-state index contributed by atoms with van der Waals surface area (Å²) in [6.07, 6.45) is -26.0. The summed E-state index contributed by atoms with van der Waals surface area (Å²) in [5.41, 5.74) is 0. The zero-order valence-corrected chi connectivity index (χ0v) is 17.3. The molecule has 32 heavy (non-hydrogen) atoms. The minimum Gasteiger partial charge on any atom is -0.394 e. The minimum absolute atomic E-state index is 0.876. The molecule has 2 rings (SSSR count). The number of aliphatic hydroxyl groups excluding tert-OH is 10. The van der Waals surface area contributed by atoms with E-state index in [-0.39, 0.29) is 0 Å². The van der Waals surface area contributed by atoms with Gasteiger partial charge in [0.25, 0.3) is 0 Å². The van der Waals surface area contributed by atoms with E-state index in [1.807, 2.05) is 0 Å². The van der Waals surface area contributed by atoms with Crippen molar-refractivity contribution in [2.24, 2.45) is 0 Å². The first-order chi connectivity index (χ1) is 14.7. The van der Waals surface area contributed by atoms with Gasteiger partial charge in [-0.1, -0.05) is 0 Å². The van der Waals surface area contributed by atoms with E-state index >= 15 is 0 Å². The number of rotatable bonds is 8. The Hall–Kier alpha value is -0.370. The molecular weight excluding hydrogens is 467 g/mol. The number of aliphatic hydroxyl groups is 10. The molecule has 16 nitrogen and oxygen atoms in total. The van der Waals surface area contributed by atoms with Crippen LogP contribution >= 0.6 is 7.82 Å². The predicted molar refractivity (Wildman–Crippen MR) is 96.5 cm³/mol. The van der Waals surface area contributed by atoms with E-state index in [0.717, 1.165) is 0 Å². The highest BCUT2D eigenvalue weighted by Gasteiger charge is 2.54. The summed E-state index contributed by atoms with van der Waals surface area (Å²) < 4.78 is 26.1. The van der Waals surface area contributed by atoms with Crippen molar-refractivity contribution in [1.82, 2.24) is 0 Å². The number of phosphoric acid groups is 1. The summed E-state index contributed by atoms with van der Waals surface area (Å²) in [4.78, 5) is 18.4. The Morgan fingerprint density at radius 2 is 1.12 bits per heavy atom. The first kappa shape index (κ1) is 27.9. The van der Waals surface area contributed by atoms with Crippen LogP contribution in [-0.4, -0.2) is 153 Å². The van der Waals surface area contributed by atoms with E-state index in [1.54, 1.807) is 0 Å². The Balaban J connectivity index is 2.34. The lowest BCUT2D eigenvalue weighted by Crippen LogP contribution is -2.67. The molecule has 0 bridgehead atoms. The van der Waals surface area contributed by atoms with Gasteiger partial charge in [-0.2, -0.15) is 0 Å². The van der Waals surface area contributed by atoms with Crippen molar-refractivity contribution in [3.63, 3.8) is 0 Å². The van der Waals surface area contributed by atoms with Gasteiger partial charge < -0.3 is 70.3 Å². The van der Waals surface area contributed by atoms with Crippen molar-refractivity contribution in [2.75, 3.05) is 13.2 Å². The Labute approximate surface area is 180 Å². The Morgan fingerprint density at radius 1 is 0.719 bits per heavy atom. The van der Waals surface area contributed by atoms with Crippen LogP contribution in [0.25, 0.3) is 0 Å². The van der Waals surface area contributed by atoms with Gasteiger partial charge in [0.2, 0.25) is 0 Å². The van der Waals surface area contributed by atoms with Gasteiger partial charge in [-0.3, -0.25) is 4.52 Å². The molecule has 17 heteroatoms. The maximum Gasteiger partial charge on any atom is 0.470 e. The van der Waals surface area contributed by atoms with Crippen LogP contribution in [0, 0.1) is 0 Å². The SMILES string of the molecule is O=P(O)(O)OC(C(O)C(O)C1O[C@H](CO)[C@@H](O)[C@H](O)[C@H]1O)C1O[C@H](CO)[C@@H](O)[C@H](O)[C@H]1O. The fraction of sp³-hybridized carbons (Fsp3) is 1.00. The van der Waals surface area contributed by atoms with Crippen molar-refractivity contribution in [3.8, 4) is 0 Å². The van der Waals surface area contributed by atoms with E-state index in [1.165, 1.54) is 0 Å². The smallest absolute Gasteiger partial charge is 0.394 e. The highest BCUT2D eigenvalue weighted by molar-refractivity contribution is 7.46. The fourth-order valence-corrected chi connectivity index (χ4v) is 4.24. The summed E-state index contributed by atoms with van der Waals surface area (Å²) in [5, 5.41) is 99.4.